The van der Waals surface area contributed by atoms with Crippen molar-refractivity contribution in [3.8, 4) is 0 Å². The maximum Gasteiger partial charge on any atom is 0.414 e. The number of methoxy groups -OCH3 is 1. The van der Waals surface area contributed by atoms with Gasteiger partial charge in [-0.15, -0.1) is 6.58 Å². The van der Waals surface area contributed by atoms with Crippen molar-refractivity contribution < 1.29 is 14.3 Å². The molecule has 1 amide bonds. The second-order valence-electron chi connectivity index (χ2n) is 3.08. The summed E-state index contributed by atoms with van der Waals surface area (Å²) in [6, 6.07) is -0.126. The molecule has 0 fully saturated rings. The lowest BCUT2D eigenvalue weighted by Crippen LogP contribution is -2.36. The Morgan fingerprint density at radius 2 is 2.47 bits per heavy atom. The predicted molar refractivity (Wildman–Crippen MR) is 56.1 cm³/mol. The topological polar surface area (TPSA) is 46.6 Å². The highest BCUT2D eigenvalue weighted by Gasteiger charge is 2.22. The zero-order valence-electron chi connectivity index (χ0n) is 8.55. The Morgan fingerprint density at radius 3 is 3.00 bits per heavy atom. The summed E-state index contributed by atoms with van der Waals surface area (Å²) in [5.74, 6) is 0. The van der Waals surface area contributed by atoms with Crippen LogP contribution in [-0.4, -0.2) is 30.4 Å². The van der Waals surface area contributed by atoms with Crippen LogP contribution in [0.3, 0.4) is 0 Å². The summed E-state index contributed by atoms with van der Waals surface area (Å²) in [6.07, 6.45) is 7.48. The normalized spacial score (nSPS) is 19.4. The molecule has 1 aliphatic rings. The molecule has 0 aromatic heterocycles. The van der Waals surface area contributed by atoms with E-state index in [0.717, 1.165) is 0 Å². The van der Waals surface area contributed by atoms with Crippen molar-refractivity contribution >= 4 is 12.4 Å². The Labute approximate surface area is 88.5 Å². The second kappa shape index (κ2) is 5.14. The lowest BCUT2D eigenvalue weighted by Gasteiger charge is -2.27. The molecule has 0 radical (unpaired) electrons. The molecule has 1 rings (SSSR count). The average Bonchev–Trinajstić information content (AvgIpc) is 2.29. The van der Waals surface area contributed by atoms with E-state index in [-0.39, 0.29) is 6.04 Å². The van der Waals surface area contributed by atoms with Crippen LogP contribution in [0, 0.1) is 0 Å². The smallest absolute Gasteiger partial charge is 0.414 e. The quantitative estimate of drug-likeness (QED) is 0.522. The molecule has 0 saturated heterocycles. The fourth-order valence-corrected chi connectivity index (χ4v) is 1.34. The first kappa shape index (κ1) is 11.2. The van der Waals surface area contributed by atoms with E-state index in [1.54, 1.807) is 18.2 Å². The van der Waals surface area contributed by atoms with Crippen LogP contribution in [-0.2, 0) is 9.53 Å². The monoisotopic (exact) mass is 207 g/mol. The Morgan fingerprint density at radius 1 is 1.73 bits per heavy atom. The molecule has 0 aliphatic carbocycles. The van der Waals surface area contributed by atoms with E-state index < -0.39 is 6.09 Å². The van der Waals surface area contributed by atoms with Gasteiger partial charge in [-0.25, -0.2) is 4.79 Å². The Bertz CT molecular complexity index is 331. The van der Waals surface area contributed by atoms with E-state index in [0.29, 0.717) is 18.3 Å². The van der Waals surface area contributed by atoms with E-state index in [2.05, 4.69) is 11.3 Å². The van der Waals surface area contributed by atoms with E-state index >= 15 is 0 Å². The van der Waals surface area contributed by atoms with Gasteiger partial charge >= 0.3 is 6.09 Å². The predicted octanol–water partition coefficient (Wildman–Crippen LogP) is 1.65. The molecule has 15 heavy (non-hydrogen) atoms. The Kier molecular flexibility index (Phi) is 3.85. The van der Waals surface area contributed by atoms with Crippen molar-refractivity contribution in [2.45, 2.75) is 12.5 Å². The van der Waals surface area contributed by atoms with Gasteiger partial charge in [-0.2, -0.15) is 0 Å². The summed E-state index contributed by atoms with van der Waals surface area (Å²) < 4.78 is 4.62. The first-order valence-electron chi connectivity index (χ1n) is 4.55. The van der Waals surface area contributed by atoms with Gasteiger partial charge in [0.1, 0.15) is 0 Å². The van der Waals surface area contributed by atoms with Crippen LogP contribution in [0.25, 0.3) is 0 Å². The molecular weight excluding hydrogens is 194 g/mol. The highest BCUT2D eigenvalue weighted by atomic mass is 16.5. The second-order valence-corrected chi connectivity index (χ2v) is 3.08. The van der Waals surface area contributed by atoms with Crippen LogP contribution < -0.4 is 0 Å². The summed E-state index contributed by atoms with van der Waals surface area (Å²) in [4.78, 5) is 23.3. The minimum absolute atomic E-state index is 0.126. The van der Waals surface area contributed by atoms with Crippen molar-refractivity contribution in [2.75, 3.05) is 7.11 Å². The van der Waals surface area contributed by atoms with Crippen molar-refractivity contribution in [3.63, 3.8) is 0 Å². The van der Waals surface area contributed by atoms with Gasteiger partial charge in [0.2, 0.25) is 0 Å². The van der Waals surface area contributed by atoms with Crippen molar-refractivity contribution in [3.05, 3.63) is 36.6 Å². The summed E-state index contributed by atoms with van der Waals surface area (Å²) >= 11 is 0. The Balaban J connectivity index is 2.88. The third-order valence-electron chi connectivity index (χ3n) is 2.09. The van der Waals surface area contributed by atoms with Crippen molar-refractivity contribution in [1.29, 1.82) is 0 Å². The van der Waals surface area contributed by atoms with Gasteiger partial charge < -0.3 is 4.74 Å². The maximum absolute atomic E-state index is 11.4. The molecule has 4 nitrogen and oxygen atoms in total. The molecule has 0 spiro atoms. The molecule has 1 unspecified atom stereocenters. The van der Waals surface area contributed by atoms with Gasteiger partial charge in [0.25, 0.3) is 0 Å². The Hall–Kier alpha value is -1.84. The number of carbonyl (C=O) groups excluding carboxylic acids is 2. The zero-order chi connectivity index (χ0) is 11.3. The number of amides is 1. The average molecular weight is 207 g/mol. The number of hydrogen-bond donors (Lipinski definition) is 0. The van der Waals surface area contributed by atoms with E-state index in [9.17, 15) is 9.59 Å². The molecule has 0 bridgehead atoms. The minimum Gasteiger partial charge on any atom is -0.452 e. The fourth-order valence-electron chi connectivity index (χ4n) is 1.34. The molecular formula is C11H13NO3. The van der Waals surface area contributed by atoms with Crippen LogP contribution in [0.4, 0.5) is 4.79 Å². The van der Waals surface area contributed by atoms with Gasteiger partial charge in [-0.1, -0.05) is 18.2 Å². The van der Waals surface area contributed by atoms with E-state index in [1.807, 2.05) is 0 Å². The van der Waals surface area contributed by atoms with Crippen molar-refractivity contribution in [1.82, 2.24) is 4.90 Å². The number of ether oxygens (including phenoxy) is 1. The minimum atomic E-state index is -0.481. The van der Waals surface area contributed by atoms with Gasteiger partial charge in [-0.05, 0) is 6.42 Å². The maximum atomic E-state index is 11.4. The van der Waals surface area contributed by atoms with Crippen LogP contribution in [0.2, 0.25) is 0 Å². The van der Waals surface area contributed by atoms with Gasteiger partial charge in [0.15, 0.2) is 6.29 Å². The molecule has 0 aromatic carbocycles. The third-order valence-corrected chi connectivity index (χ3v) is 2.09. The molecule has 80 valence electrons. The molecule has 0 saturated carbocycles. The fraction of sp³-hybridized carbons (Fsp3) is 0.273. The van der Waals surface area contributed by atoms with Crippen molar-refractivity contribution in [2.24, 2.45) is 0 Å². The highest BCUT2D eigenvalue weighted by Crippen LogP contribution is 2.16. The van der Waals surface area contributed by atoms with Gasteiger partial charge in [0, 0.05) is 11.8 Å². The van der Waals surface area contributed by atoms with Gasteiger partial charge in [-0.3, -0.25) is 9.69 Å². The third kappa shape index (κ3) is 2.56. The highest BCUT2D eigenvalue weighted by molar-refractivity contribution is 5.80. The molecule has 0 aromatic rings. The van der Waals surface area contributed by atoms with Crippen LogP contribution in [0.1, 0.15) is 6.42 Å². The lowest BCUT2D eigenvalue weighted by molar-refractivity contribution is -0.104. The van der Waals surface area contributed by atoms with Gasteiger partial charge in [0.05, 0.1) is 13.2 Å². The van der Waals surface area contributed by atoms with Crippen LogP contribution in [0.15, 0.2) is 36.6 Å². The number of carbonyl (C=O) groups is 2. The molecule has 1 heterocycles. The van der Waals surface area contributed by atoms with E-state index in [4.69, 9.17) is 0 Å². The number of aldehydes is 1. The number of allylic oxidation sites excluding steroid dienone is 2. The molecule has 4 heteroatoms. The van der Waals surface area contributed by atoms with Crippen LogP contribution >= 0.6 is 0 Å². The number of rotatable bonds is 3. The first-order chi connectivity index (χ1) is 7.22. The lowest BCUT2D eigenvalue weighted by atomic mass is 10.1. The summed E-state index contributed by atoms with van der Waals surface area (Å²) in [6.45, 7) is 3.61. The first-order valence-corrected chi connectivity index (χ1v) is 4.55. The summed E-state index contributed by atoms with van der Waals surface area (Å²) in [5, 5.41) is 0. The molecule has 0 N–H and O–H groups in total. The van der Waals surface area contributed by atoms with E-state index in [1.165, 1.54) is 18.2 Å². The number of nitrogens with zero attached hydrogens (tertiary/aromatic N) is 1. The molecule has 1 atom stereocenters. The standard InChI is InChI=1S/C11H13NO3/c1-3-4-10-6-5-9(8-13)7-12(10)11(14)15-2/h3,5-8,10H,1,4H2,2H3. The largest absolute Gasteiger partial charge is 0.452 e. The number of hydrogen-bond acceptors (Lipinski definition) is 3. The SMILES string of the molecule is C=CCC1C=CC(C=O)=CN1C(=O)OC. The molecule has 1 aliphatic heterocycles. The summed E-state index contributed by atoms with van der Waals surface area (Å²) in [7, 11) is 1.31. The summed E-state index contributed by atoms with van der Waals surface area (Å²) in [5.41, 5.74) is 0.445. The zero-order valence-corrected chi connectivity index (χ0v) is 8.55. The van der Waals surface area contributed by atoms with Crippen LogP contribution in [0.5, 0.6) is 0 Å².